The predicted octanol–water partition coefficient (Wildman–Crippen LogP) is 3.47. The lowest BCUT2D eigenvalue weighted by molar-refractivity contribution is -0.139. The van der Waals surface area contributed by atoms with Crippen molar-refractivity contribution in [1.29, 1.82) is 0 Å². The normalized spacial score (nSPS) is 11.4. The molecule has 6 nitrogen and oxygen atoms in total. The van der Waals surface area contributed by atoms with E-state index in [1.807, 2.05) is 24.3 Å². The zero-order chi connectivity index (χ0) is 19.7. The lowest BCUT2D eigenvalue weighted by Gasteiger charge is -2.15. The van der Waals surface area contributed by atoms with Crippen LogP contribution in [0.3, 0.4) is 0 Å². The number of guanidine groups is 1. The molecule has 0 unspecified atom stereocenters. The van der Waals surface area contributed by atoms with Crippen LogP contribution < -0.4 is 20.1 Å². The number of halogens is 4. The number of nitrogens with zero attached hydrogens (tertiary/aromatic N) is 2. The summed E-state index contributed by atoms with van der Waals surface area (Å²) in [5.41, 5.74) is 0.0474. The lowest BCUT2D eigenvalue weighted by atomic mass is 10.2. The van der Waals surface area contributed by atoms with Crippen molar-refractivity contribution in [1.82, 2.24) is 15.6 Å². The molecule has 10 heteroatoms. The quantitative estimate of drug-likeness (QED) is 0.259. The van der Waals surface area contributed by atoms with E-state index in [1.165, 1.54) is 12.3 Å². The Morgan fingerprint density at radius 3 is 2.57 bits per heavy atom. The fourth-order valence-corrected chi connectivity index (χ4v) is 2.29. The highest BCUT2D eigenvalue weighted by Gasteiger charge is 2.34. The molecule has 0 amide bonds. The zero-order valence-electron chi connectivity index (χ0n) is 15.4. The first-order valence-corrected chi connectivity index (χ1v) is 8.17. The van der Waals surface area contributed by atoms with E-state index >= 15 is 0 Å². The fourth-order valence-electron chi connectivity index (χ4n) is 2.29. The number of hydrogen-bond acceptors (Lipinski definition) is 4. The van der Waals surface area contributed by atoms with Gasteiger partial charge in [0.05, 0.1) is 13.7 Å². The van der Waals surface area contributed by atoms with Gasteiger partial charge in [-0.2, -0.15) is 13.2 Å². The molecule has 2 rings (SSSR count). The molecule has 0 aliphatic heterocycles. The first kappa shape index (κ1) is 23.8. The van der Waals surface area contributed by atoms with Crippen LogP contribution in [-0.2, 0) is 12.7 Å². The molecule has 2 N–H and O–H groups in total. The monoisotopic (exact) mass is 510 g/mol. The van der Waals surface area contributed by atoms with Gasteiger partial charge in [-0.05, 0) is 18.2 Å². The minimum absolute atomic E-state index is 0. The highest BCUT2D eigenvalue weighted by atomic mass is 127. The molecule has 0 radical (unpaired) electrons. The van der Waals surface area contributed by atoms with Crippen molar-refractivity contribution >= 4 is 29.9 Å². The first-order valence-electron chi connectivity index (χ1n) is 8.17. The van der Waals surface area contributed by atoms with Crippen LogP contribution in [0.25, 0.3) is 0 Å². The minimum Gasteiger partial charge on any atom is -0.496 e. The summed E-state index contributed by atoms with van der Waals surface area (Å²) >= 11 is 0. The maximum atomic E-state index is 12.9. The molecule has 0 saturated heterocycles. The molecule has 1 heterocycles. The van der Waals surface area contributed by atoms with E-state index in [0.29, 0.717) is 12.5 Å². The summed E-state index contributed by atoms with van der Waals surface area (Å²) in [7, 11) is 3.19. The van der Waals surface area contributed by atoms with Crippen molar-refractivity contribution in [2.75, 3.05) is 27.3 Å². The summed E-state index contributed by atoms with van der Waals surface area (Å²) in [6.45, 7) is 0.720. The number of nitrogens with one attached hydrogen (secondary N) is 2. The van der Waals surface area contributed by atoms with Crippen molar-refractivity contribution < 1.29 is 22.6 Å². The molecule has 0 bridgehead atoms. The van der Waals surface area contributed by atoms with E-state index < -0.39 is 17.6 Å². The number of ether oxygens (including phenoxy) is 2. The number of aliphatic imine (C=N–C) groups is 1. The maximum Gasteiger partial charge on any atom is 0.421 e. The Hall–Kier alpha value is -2.24. The number of para-hydroxylation sites is 1. The van der Waals surface area contributed by atoms with E-state index in [2.05, 4.69) is 20.6 Å². The molecule has 154 valence electrons. The van der Waals surface area contributed by atoms with Gasteiger partial charge in [-0.1, -0.05) is 18.2 Å². The van der Waals surface area contributed by atoms with Crippen LogP contribution in [0.4, 0.5) is 13.2 Å². The molecule has 0 atom stereocenters. The molecule has 1 aromatic heterocycles. The second-order valence-electron chi connectivity index (χ2n) is 5.37. The van der Waals surface area contributed by atoms with E-state index in [4.69, 9.17) is 9.47 Å². The van der Waals surface area contributed by atoms with E-state index in [9.17, 15) is 13.2 Å². The van der Waals surface area contributed by atoms with Crippen LogP contribution in [0.15, 0.2) is 47.6 Å². The van der Waals surface area contributed by atoms with Crippen LogP contribution in [0, 0.1) is 0 Å². The van der Waals surface area contributed by atoms with Crippen molar-refractivity contribution in [2.45, 2.75) is 12.7 Å². The Labute approximate surface area is 178 Å². The van der Waals surface area contributed by atoms with Gasteiger partial charge in [-0.15, -0.1) is 24.0 Å². The third-order valence-electron chi connectivity index (χ3n) is 3.57. The van der Waals surface area contributed by atoms with Gasteiger partial charge in [0.1, 0.15) is 17.9 Å². The van der Waals surface area contributed by atoms with Gasteiger partial charge in [0.25, 0.3) is 0 Å². The highest BCUT2D eigenvalue weighted by molar-refractivity contribution is 14.0. The van der Waals surface area contributed by atoms with Crippen molar-refractivity contribution in [2.24, 2.45) is 4.99 Å². The number of alkyl halides is 3. The van der Waals surface area contributed by atoms with Crippen LogP contribution in [0.2, 0.25) is 0 Å². The topological polar surface area (TPSA) is 67.8 Å². The van der Waals surface area contributed by atoms with Crippen LogP contribution in [0.1, 0.15) is 11.1 Å². The molecule has 1 aromatic carbocycles. The second-order valence-corrected chi connectivity index (χ2v) is 5.37. The Bertz CT molecular complexity index is 772. The number of rotatable bonds is 7. The lowest BCUT2D eigenvalue weighted by Crippen LogP contribution is -2.39. The van der Waals surface area contributed by atoms with Crippen LogP contribution in [-0.4, -0.2) is 38.3 Å². The zero-order valence-corrected chi connectivity index (χ0v) is 17.7. The molecule has 0 spiro atoms. The second kappa shape index (κ2) is 11.6. The molecule has 2 aromatic rings. The number of hydrogen-bond donors (Lipinski definition) is 2. The maximum absolute atomic E-state index is 12.9. The molecular formula is C18H22F3IN4O2. The number of methoxy groups -OCH3 is 1. The highest BCUT2D eigenvalue weighted by Crippen LogP contribution is 2.34. The smallest absolute Gasteiger partial charge is 0.421 e. The average molecular weight is 510 g/mol. The summed E-state index contributed by atoms with van der Waals surface area (Å²) < 4.78 is 49.1. The molecule has 28 heavy (non-hydrogen) atoms. The summed E-state index contributed by atoms with van der Waals surface area (Å²) in [5.74, 6) is 0.795. The van der Waals surface area contributed by atoms with Gasteiger partial charge < -0.3 is 20.1 Å². The third kappa shape index (κ3) is 7.06. The molecular weight excluding hydrogens is 488 g/mol. The Morgan fingerprint density at radius 2 is 1.89 bits per heavy atom. The predicted molar refractivity (Wildman–Crippen MR) is 111 cm³/mol. The molecule has 0 aliphatic carbocycles. The summed E-state index contributed by atoms with van der Waals surface area (Å²) in [5, 5.41) is 6.07. The third-order valence-corrected chi connectivity index (χ3v) is 3.57. The standard InChI is InChI=1S/C18H21F3N4O2.HI/c1-22-17(25-12-13-6-3-4-8-15(13)26-2)24-10-11-27-16-14(18(19,20)21)7-5-9-23-16;/h3-9H,10-12H2,1-2H3,(H2,22,24,25);1H. The van der Waals surface area contributed by atoms with Gasteiger partial charge in [-0.3, -0.25) is 4.99 Å². The fraction of sp³-hybridized carbons (Fsp3) is 0.333. The number of pyridine rings is 1. The number of aromatic nitrogens is 1. The van der Waals surface area contributed by atoms with Crippen molar-refractivity contribution in [3.63, 3.8) is 0 Å². The van der Waals surface area contributed by atoms with Gasteiger partial charge >= 0.3 is 6.18 Å². The Morgan fingerprint density at radius 1 is 1.14 bits per heavy atom. The Balaban J connectivity index is 0.00000392. The van der Waals surface area contributed by atoms with Gasteiger partial charge in [-0.25, -0.2) is 4.98 Å². The van der Waals surface area contributed by atoms with Crippen molar-refractivity contribution in [3.05, 3.63) is 53.7 Å². The average Bonchev–Trinajstić information content (AvgIpc) is 2.67. The van der Waals surface area contributed by atoms with Crippen LogP contribution in [0.5, 0.6) is 11.6 Å². The SMILES string of the molecule is CN=C(NCCOc1ncccc1C(F)(F)F)NCc1ccccc1OC.I. The largest absolute Gasteiger partial charge is 0.496 e. The van der Waals surface area contributed by atoms with Gasteiger partial charge in [0.15, 0.2) is 5.96 Å². The van der Waals surface area contributed by atoms with Crippen LogP contribution >= 0.6 is 24.0 Å². The Kier molecular flexibility index (Phi) is 9.83. The molecule has 0 saturated carbocycles. The van der Waals surface area contributed by atoms with E-state index in [-0.39, 0.29) is 37.1 Å². The summed E-state index contributed by atoms with van der Waals surface area (Å²) in [6.07, 6.45) is -3.25. The molecule has 0 fully saturated rings. The summed E-state index contributed by atoms with van der Waals surface area (Å²) in [6, 6.07) is 9.70. The summed E-state index contributed by atoms with van der Waals surface area (Å²) in [4.78, 5) is 7.71. The van der Waals surface area contributed by atoms with E-state index in [1.54, 1.807) is 14.2 Å². The first-order chi connectivity index (χ1) is 13.0. The minimum atomic E-state index is -4.51. The van der Waals surface area contributed by atoms with E-state index in [0.717, 1.165) is 17.4 Å². The van der Waals surface area contributed by atoms with Crippen molar-refractivity contribution in [3.8, 4) is 11.6 Å². The van der Waals surface area contributed by atoms with Gasteiger partial charge in [0, 0.05) is 25.4 Å². The van der Waals surface area contributed by atoms with Gasteiger partial charge in [0.2, 0.25) is 5.88 Å². The number of benzene rings is 1. The molecule has 0 aliphatic rings.